The second-order valence-electron chi connectivity index (χ2n) is 7.74. The molecule has 1 N–H and O–H groups in total. The second kappa shape index (κ2) is 7.43. The maximum Gasteiger partial charge on any atom is 0.321 e. The largest absolute Gasteiger partial charge is 0.340 e. The van der Waals surface area contributed by atoms with Gasteiger partial charge in [0.1, 0.15) is 0 Å². The number of rotatable bonds is 4. The molecule has 2 atom stereocenters. The minimum absolute atomic E-state index is 0.00505. The molecule has 1 spiro atoms. The number of benzene rings is 1. The molecule has 4 rings (SSSR count). The fourth-order valence-corrected chi connectivity index (χ4v) is 4.16. The standard InChI is InChI=1S/C21H23ClN4O2/c1-25(13-17-4-2-3-10-23-17)19(27)18-12-21(18)9-11-26(14-21)20(28)24-16-7-5-15(22)6-8-16/h2-8,10,18H,9,11-14H2,1H3,(H,24,28)/t18-,21-/m0/s1. The van der Waals surface area contributed by atoms with E-state index >= 15 is 0 Å². The number of halogens is 1. The van der Waals surface area contributed by atoms with Crippen LogP contribution < -0.4 is 5.32 Å². The van der Waals surface area contributed by atoms with Crippen LogP contribution in [0.3, 0.4) is 0 Å². The molecule has 1 aromatic carbocycles. The average Bonchev–Trinajstić information content (AvgIpc) is 3.22. The number of anilines is 1. The molecule has 2 aliphatic rings. The van der Waals surface area contributed by atoms with E-state index in [1.54, 1.807) is 40.3 Å². The number of pyridine rings is 1. The lowest BCUT2D eigenvalue weighted by molar-refractivity contribution is -0.132. The maximum absolute atomic E-state index is 12.8. The van der Waals surface area contributed by atoms with E-state index in [4.69, 9.17) is 11.6 Å². The molecule has 1 saturated heterocycles. The number of urea groups is 1. The summed E-state index contributed by atoms with van der Waals surface area (Å²) in [4.78, 5) is 33.2. The van der Waals surface area contributed by atoms with Crippen LogP contribution in [0.4, 0.5) is 10.5 Å². The number of hydrogen-bond donors (Lipinski definition) is 1. The Balaban J connectivity index is 1.32. The zero-order valence-corrected chi connectivity index (χ0v) is 16.5. The van der Waals surface area contributed by atoms with Gasteiger partial charge in [0.05, 0.1) is 12.2 Å². The molecular weight excluding hydrogens is 376 g/mol. The Kier molecular flexibility index (Phi) is 4.98. The molecular formula is C21H23ClN4O2. The fourth-order valence-electron chi connectivity index (χ4n) is 4.03. The minimum atomic E-state index is -0.126. The molecule has 3 amide bonds. The molecule has 0 bridgehead atoms. The first-order valence-corrected chi connectivity index (χ1v) is 9.81. The predicted octanol–water partition coefficient (Wildman–Crippen LogP) is 3.64. The van der Waals surface area contributed by atoms with Gasteiger partial charge >= 0.3 is 6.03 Å². The van der Waals surface area contributed by atoms with Gasteiger partial charge in [-0.3, -0.25) is 9.78 Å². The van der Waals surface area contributed by atoms with E-state index in [0.29, 0.717) is 30.3 Å². The van der Waals surface area contributed by atoms with E-state index in [0.717, 1.165) is 18.5 Å². The lowest BCUT2D eigenvalue weighted by Gasteiger charge is -2.20. The summed E-state index contributed by atoms with van der Waals surface area (Å²) >= 11 is 5.88. The normalized spacial score (nSPS) is 22.9. The lowest BCUT2D eigenvalue weighted by atomic mass is 10.0. The second-order valence-corrected chi connectivity index (χ2v) is 8.18. The third-order valence-corrected chi connectivity index (χ3v) is 6.01. The average molecular weight is 399 g/mol. The van der Waals surface area contributed by atoms with Gasteiger partial charge in [0.25, 0.3) is 0 Å². The Morgan fingerprint density at radius 3 is 2.79 bits per heavy atom. The highest BCUT2D eigenvalue weighted by Gasteiger charge is 2.61. The number of nitrogens with one attached hydrogen (secondary N) is 1. The van der Waals surface area contributed by atoms with Gasteiger partial charge in [-0.25, -0.2) is 4.79 Å². The third-order valence-electron chi connectivity index (χ3n) is 5.76. The smallest absolute Gasteiger partial charge is 0.321 e. The highest BCUT2D eigenvalue weighted by atomic mass is 35.5. The molecule has 0 unspecified atom stereocenters. The number of nitrogens with zero attached hydrogens (tertiary/aromatic N) is 3. The molecule has 0 radical (unpaired) electrons. The van der Waals surface area contributed by atoms with Crippen LogP contribution >= 0.6 is 11.6 Å². The van der Waals surface area contributed by atoms with Crippen molar-refractivity contribution in [3.05, 3.63) is 59.4 Å². The van der Waals surface area contributed by atoms with Crippen LogP contribution in [0.1, 0.15) is 18.5 Å². The Morgan fingerprint density at radius 2 is 2.07 bits per heavy atom. The molecule has 6 nitrogen and oxygen atoms in total. The summed E-state index contributed by atoms with van der Waals surface area (Å²) in [7, 11) is 1.82. The molecule has 1 aromatic heterocycles. The van der Waals surface area contributed by atoms with Crippen molar-refractivity contribution in [2.45, 2.75) is 19.4 Å². The quantitative estimate of drug-likeness (QED) is 0.855. The van der Waals surface area contributed by atoms with E-state index in [9.17, 15) is 9.59 Å². The van der Waals surface area contributed by atoms with Gasteiger partial charge in [0, 0.05) is 48.4 Å². The van der Waals surface area contributed by atoms with Gasteiger partial charge in [0.15, 0.2) is 0 Å². The van der Waals surface area contributed by atoms with Crippen molar-refractivity contribution in [2.24, 2.45) is 11.3 Å². The van der Waals surface area contributed by atoms with E-state index < -0.39 is 0 Å². The monoisotopic (exact) mass is 398 g/mol. The van der Waals surface area contributed by atoms with E-state index in [2.05, 4.69) is 10.3 Å². The topological polar surface area (TPSA) is 65.5 Å². The van der Waals surface area contributed by atoms with Gasteiger partial charge in [-0.15, -0.1) is 0 Å². The molecule has 28 heavy (non-hydrogen) atoms. The van der Waals surface area contributed by atoms with Crippen molar-refractivity contribution in [1.82, 2.24) is 14.8 Å². The van der Waals surface area contributed by atoms with Gasteiger partial charge < -0.3 is 15.1 Å². The number of amides is 3. The fraction of sp³-hybridized carbons (Fsp3) is 0.381. The summed E-state index contributed by atoms with van der Waals surface area (Å²) in [6.07, 6.45) is 3.46. The molecule has 1 aliphatic carbocycles. The first-order valence-electron chi connectivity index (χ1n) is 9.43. The van der Waals surface area contributed by atoms with Crippen LogP contribution in [-0.4, -0.2) is 46.9 Å². The molecule has 2 heterocycles. The summed E-state index contributed by atoms with van der Waals surface area (Å²) in [5, 5.41) is 3.53. The zero-order chi connectivity index (χ0) is 19.7. The van der Waals surface area contributed by atoms with Crippen molar-refractivity contribution in [1.29, 1.82) is 0 Å². The van der Waals surface area contributed by atoms with E-state index in [-0.39, 0.29) is 23.3 Å². The number of carbonyl (C=O) groups is 2. The van der Waals surface area contributed by atoms with Gasteiger partial charge in [-0.2, -0.15) is 0 Å². The first-order chi connectivity index (χ1) is 13.5. The zero-order valence-electron chi connectivity index (χ0n) is 15.8. The molecule has 7 heteroatoms. The van der Waals surface area contributed by atoms with Crippen molar-refractivity contribution >= 4 is 29.2 Å². The summed E-state index contributed by atoms with van der Waals surface area (Å²) in [6.45, 7) is 1.81. The highest BCUT2D eigenvalue weighted by molar-refractivity contribution is 6.30. The minimum Gasteiger partial charge on any atom is -0.340 e. The molecule has 1 aliphatic heterocycles. The van der Waals surface area contributed by atoms with Crippen LogP contribution in [0.25, 0.3) is 0 Å². The summed E-state index contributed by atoms with van der Waals surface area (Å²) < 4.78 is 0. The van der Waals surface area contributed by atoms with Crippen molar-refractivity contribution < 1.29 is 9.59 Å². The van der Waals surface area contributed by atoms with Crippen LogP contribution in [0.5, 0.6) is 0 Å². The van der Waals surface area contributed by atoms with Crippen LogP contribution in [-0.2, 0) is 11.3 Å². The summed E-state index contributed by atoms with van der Waals surface area (Å²) in [5.41, 5.74) is 1.53. The number of likely N-dealkylation sites (tertiary alicyclic amines) is 1. The van der Waals surface area contributed by atoms with Gasteiger partial charge in [-0.1, -0.05) is 17.7 Å². The molecule has 2 fully saturated rings. The Bertz CT molecular complexity index is 874. The summed E-state index contributed by atoms with van der Waals surface area (Å²) in [6, 6.07) is 12.6. The first kappa shape index (κ1) is 18.7. The Hall–Kier alpha value is -2.60. The van der Waals surface area contributed by atoms with E-state index in [1.807, 2.05) is 25.2 Å². The third kappa shape index (κ3) is 3.83. The molecule has 2 aromatic rings. The summed E-state index contributed by atoms with van der Waals surface area (Å²) in [5.74, 6) is 0.139. The van der Waals surface area contributed by atoms with Crippen molar-refractivity contribution in [2.75, 3.05) is 25.5 Å². The number of hydrogen-bond acceptors (Lipinski definition) is 3. The van der Waals surface area contributed by atoms with Crippen LogP contribution in [0.15, 0.2) is 48.7 Å². The molecule has 146 valence electrons. The predicted molar refractivity (Wildman–Crippen MR) is 108 cm³/mol. The highest BCUT2D eigenvalue weighted by Crippen LogP contribution is 2.59. The van der Waals surface area contributed by atoms with Crippen molar-refractivity contribution in [3.63, 3.8) is 0 Å². The number of carbonyl (C=O) groups excluding carboxylic acids is 2. The Labute approximate surface area is 169 Å². The van der Waals surface area contributed by atoms with Crippen molar-refractivity contribution in [3.8, 4) is 0 Å². The SMILES string of the molecule is CN(Cc1ccccn1)C(=O)[C@@H]1C[C@]12CCN(C(=O)Nc1ccc(Cl)cc1)C2. The number of aromatic nitrogens is 1. The van der Waals surface area contributed by atoms with E-state index in [1.165, 1.54) is 0 Å². The molecule has 1 saturated carbocycles. The van der Waals surface area contributed by atoms with Crippen LogP contribution in [0.2, 0.25) is 5.02 Å². The Morgan fingerprint density at radius 1 is 1.29 bits per heavy atom. The van der Waals surface area contributed by atoms with Gasteiger partial charge in [0.2, 0.25) is 5.91 Å². The van der Waals surface area contributed by atoms with Crippen LogP contribution in [0, 0.1) is 11.3 Å². The maximum atomic E-state index is 12.8. The van der Waals surface area contributed by atoms with Gasteiger partial charge in [-0.05, 0) is 49.2 Å². The lowest BCUT2D eigenvalue weighted by Crippen LogP contribution is -2.34.